The van der Waals surface area contributed by atoms with Gasteiger partial charge in [0, 0.05) is 47.6 Å². The third-order valence-corrected chi connectivity index (χ3v) is 11.9. The summed E-state index contributed by atoms with van der Waals surface area (Å²) in [4.78, 5) is 10.5. The Labute approximate surface area is 327 Å². The number of fused-ring (bicyclic) bond motifs is 6. The third kappa shape index (κ3) is 5.58. The molecule has 262 valence electrons. The Balaban J connectivity index is 1.12. The van der Waals surface area contributed by atoms with Crippen molar-refractivity contribution >= 4 is 53.4 Å². The van der Waals surface area contributed by atoms with Gasteiger partial charge >= 0.3 is 0 Å². The van der Waals surface area contributed by atoms with Gasteiger partial charge in [0.05, 0.1) is 11.4 Å². The molecular formula is C52H32N2OS. The van der Waals surface area contributed by atoms with Gasteiger partial charge in [-0.05, 0) is 81.9 Å². The van der Waals surface area contributed by atoms with Gasteiger partial charge in [0.15, 0.2) is 5.82 Å². The molecule has 0 spiro atoms. The first-order valence-electron chi connectivity index (χ1n) is 18.8. The molecule has 0 saturated heterocycles. The van der Waals surface area contributed by atoms with Gasteiger partial charge in [-0.1, -0.05) is 146 Å². The zero-order chi connectivity index (χ0) is 37.0. The Morgan fingerprint density at radius 3 is 1.79 bits per heavy atom. The van der Waals surface area contributed by atoms with Crippen LogP contribution in [0.25, 0.3) is 109 Å². The summed E-state index contributed by atoms with van der Waals surface area (Å²) in [6, 6.07) is 68.5. The van der Waals surface area contributed by atoms with Crippen LogP contribution in [0.4, 0.5) is 0 Å². The Kier molecular flexibility index (Phi) is 7.68. The van der Waals surface area contributed by atoms with E-state index in [0.29, 0.717) is 5.82 Å². The molecular weight excluding hydrogens is 701 g/mol. The van der Waals surface area contributed by atoms with E-state index in [1.54, 1.807) is 0 Å². The van der Waals surface area contributed by atoms with Crippen molar-refractivity contribution in [1.82, 2.24) is 9.97 Å². The standard InChI is InChI=1S/C52H32N2OS/c1-3-14-33(15-4-1)37-29-38(41-23-12-24-43-42-20-8-10-27-49(42)56-51(41)43)31-39(30-37)46-32-45(53-52(54-46)34-16-5-2-6-17-34)36-19-11-18-35(28-36)40-22-13-26-48-50(40)44-21-7-9-25-47(44)55-48/h1-32H. The highest BCUT2D eigenvalue weighted by molar-refractivity contribution is 7.26. The minimum atomic E-state index is 0.685. The van der Waals surface area contributed by atoms with Crippen LogP contribution in [0.15, 0.2) is 199 Å². The molecule has 3 heterocycles. The molecule has 0 aliphatic heterocycles. The van der Waals surface area contributed by atoms with Crippen LogP contribution in [0.5, 0.6) is 0 Å². The van der Waals surface area contributed by atoms with Crippen molar-refractivity contribution in [2.45, 2.75) is 0 Å². The number of rotatable bonds is 6. The average Bonchev–Trinajstić information content (AvgIpc) is 3.86. The van der Waals surface area contributed by atoms with E-state index in [2.05, 4.69) is 158 Å². The second-order valence-corrected chi connectivity index (χ2v) is 15.2. The predicted molar refractivity (Wildman–Crippen MR) is 235 cm³/mol. The minimum Gasteiger partial charge on any atom is -0.456 e. The second kappa shape index (κ2) is 13.3. The molecule has 0 atom stereocenters. The van der Waals surface area contributed by atoms with Gasteiger partial charge < -0.3 is 4.42 Å². The molecule has 0 aliphatic carbocycles. The maximum absolute atomic E-state index is 6.26. The number of furan rings is 1. The topological polar surface area (TPSA) is 38.9 Å². The molecule has 0 fully saturated rings. The van der Waals surface area contributed by atoms with Crippen molar-refractivity contribution in [3.63, 3.8) is 0 Å². The monoisotopic (exact) mass is 732 g/mol. The average molecular weight is 733 g/mol. The van der Waals surface area contributed by atoms with Gasteiger partial charge in [0.2, 0.25) is 0 Å². The highest BCUT2D eigenvalue weighted by Crippen LogP contribution is 2.43. The van der Waals surface area contributed by atoms with E-state index in [0.717, 1.165) is 77.8 Å². The van der Waals surface area contributed by atoms with Crippen LogP contribution in [0.3, 0.4) is 0 Å². The van der Waals surface area contributed by atoms with E-state index >= 15 is 0 Å². The fraction of sp³-hybridized carbons (Fsp3) is 0. The Hall–Kier alpha value is -7.14. The lowest BCUT2D eigenvalue weighted by Gasteiger charge is -2.14. The van der Waals surface area contributed by atoms with E-state index in [1.165, 1.54) is 25.7 Å². The van der Waals surface area contributed by atoms with Crippen LogP contribution >= 0.6 is 11.3 Å². The zero-order valence-electron chi connectivity index (χ0n) is 30.2. The van der Waals surface area contributed by atoms with Crippen LogP contribution in [-0.4, -0.2) is 9.97 Å². The summed E-state index contributed by atoms with van der Waals surface area (Å²) in [6.07, 6.45) is 0. The first-order chi connectivity index (χ1) is 27.7. The lowest BCUT2D eigenvalue weighted by atomic mass is 9.93. The molecule has 0 radical (unpaired) electrons. The molecule has 11 aromatic rings. The second-order valence-electron chi connectivity index (χ2n) is 14.1. The van der Waals surface area contributed by atoms with E-state index in [9.17, 15) is 0 Å². The van der Waals surface area contributed by atoms with Crippen LogP contribution in [-0.2, 0) is 0 Å². The number of thiophene rings is 1. The predicted octanol–water partition coefficient (Wildman–Crippen LogP) is 14.7. The Bertz CT molecular complexity index is 3250. The minimum absolute atomic E-state index is 0.685. The maximum atomic E-state index is 6.26. The normalized spacial score (nSPS) is 11.6. The molecule has 4 heteroatoms. The first kappa shape index (κ1) is 32.3. The number of nitrogens with zero attached hydrogens (tertiary/aromatic N) is 2. The van der Waals surface area contributed by atoms with Gasteiger partial charge in [-0.15, -0.1) is 11.3 Å². The number of para-hydroxylation sites is 1. The SMILES string of the molecule is c1ccc(-c2cc(-c3cc(-c4cccc(-c5cccc6oc7ccccc7c56)c4)nc(-c4ccccc4)n3)cc(-c3cccc4c3sc3ccccc34)c2)cc1. The Morgan fingerprint density at radius 2 is 0.929 bits per heavy atom. The number of benzene rings is 8. The summed E-state index contributed by atoms with van der Waals surface area (Å²) in [7, 11) is 0. The van der Waals surface area contributed by atoms with Crippen molar-refractivity contribution in [2.24, 2.45) is 0 Å². The number of aromatic nitrogens is 2. The summed E-state index contributed by atoms with van der Waals surface area (Å²) in [5.41, 5.74) is 13.4. The molecule has 0 N–H and O–H groups in total. The van der Waals surface area contributed by atoms with Gasteiger partial charge in [-0.3, -0.25) is 0 Å². The molecule has 8 aromatic carbocycles. The molecule has 3 nitrogen and oxygen atoms in total. The maximum Gasteiger partial charge on any atom is 0.160 e. The van der Waals surface area contributed by atoms with E-state index in [-0.39, 0.29) is 0 Å². The third-order valence-electron chi connectivity index (χ3n) is 10.7. The molecule has 0 bridgehead atoms. The van der Waals surface area contributed by atoms with Gasteiger partial charge in [0.25, 0.3) is 0 Å². The molecule has 0 saturated carbocycles. The fourth-order valence-corrected chi connectivity index (χ4v) is 9.26. The summed E-state index contributed by atoms with van der Waals surface area (Å²) in [6.45, 7) is 0. The molecule has 11 rings (SSSR count). The van der Waals surface area contributed by atoms with Crippen LogP contribution < -0.4 is 0 Å². The van der Waals surface area contributed by atoms with E-state index in [1.807, 2.05) is 47.7 Å². The molecule has 0 unspecified atom stereocenters. The van der Waals surface area contributed by atoms with Crippen molar-refractivity contribution < 1.29 is 4.42 Å². The van der Waals surface area contributed by atoms with Crippen LogP contribution in [0.1, 0.15) is 0 Å². The van der Waals surface area contributed by atoms with Gasteiger partial charge in [0.1, 0.15) is 11.2 Å². The number of hydrogen-bond donors (Lipinski definition) is 0. The van der Waals surface area contributed by atoms with Crippen molar-refractivity contribution in [1.29, 1.82) is 0 Å². The Morgan fingerprint density at radius 1 is 0.357 bits per heavy atom. The lowest BCUT2D eigenvalue weighted by Crippen LogP contribution is -1.97. The van der Waals surface area contributed by atoms with E-state index < -0.39 is 0 Å². The lowest BCUT2D eigenvalue weighted by molar-refractivity contribution is 0.669. The molecule has 0 amide bonds. The van der Waals surface area contributed by atoms with Crippen LogP contribution in [0.2, 0.25) is 0 Å². The largest absolute Gasteiger partial charge is 0.456 e. The fourth-order valence-electron chi connectivity index (χ4n) is 8.02. The summed E-state index contributed by atoms with van der Waals surface area (Å²) in [5, 5.41) is 4.80. The smallest absolute Gasteiger partial charge is 0.160 e. The van der Waals surface area contributed by atoms with Gasteiger partial charge in [-0.25, -0.2) is 9.97 Å². The highest BCUT2D eigenvalue weighted by atomic mass is 32.1. The van der Waals surface area contributed by atoms with Gasteiger partial charge in [-0.2, -0.15) is 0 Å². The van der Waals surface area contributed by atoms with E-state index in [4.69, 9.17) is 14.4 Å². The molecule has 56 heavy (non-hydrogen) atoms. The van der Waals surface area contributed by atoms with Crippen molar-refractivity contribution in [2.75, 3.05) is 0 Å². The molecule has 3 aromatic heterocycles. The number of hydrogen-bond acceptors (Lipinski definition) is 4. The first-order valence-corrected chi connectivity index (χ1v) is 19.6. The summed E-state index contributed by atoms with van der Waals surface area (Å²) in [5.74, 6) is 0.685. The van der Waals surface area contributed by atoms with Crippen LogP contribution in [0, 0.1) is 0 Å². The van der Waals surface area contributed by atoms with Crippen molar-refractivity contribution in [3.05, 3.63) is 194 Å². The summed E-state index contributed by atoms with van der Waals surface area (Å²) >= 11 is 1.86. The molecule has 0 aliphatic rings. The summed E-state index contributed by atoms with van der Waals surface area (Å²) < 4.78 is 8.84. The zero-order valence-corrected chi connectivity index (χ0v) is 31.0. The quantitative estimate of drug-likeness (QED) is 0.171. The van der Waals surface area contributed by atoms with Crippen molar-refractivity contribution in [3.8, 4) is 67.3 Å². The highest BCUT2D eigenvalue weighted by Gasteiger charge is 2.17.